The molecule has 3 nitrogen and oxygen atoms in total. The van der Waals surface area contributed by atoms with Crippen LogP contribution in [0.3, 0.4) is 0 Å². The summed E-state index contributed by atoms with van der Waals surface area (Å²) in [6.45, 7) is 0. The molecule has 1 radical (unpaired) electrons. The maximum Gasteiger partial charge on any atom is 0.227 e. The van der Waals surface area contributed by atoms with Gasteiger partial charge in [0.2, 0.25) is 5.91 Å². The second-order valence-electron chi connectivity index (χ2n) is 3.33. The van der Waals surface area contributed by atoms with Crippen LogP contribution in [0.25, 0.3) is 0 Å². The van der Waals surface area contributed by atoms with E-state index >= 15 is 0 Å². The molecular formula is C11H12NO2. The largest absolute Gasteiger partial charge is 0.495 e. The van der Waals surface area contributed by atoms with Gasteiger partial charge in [0.1, 0.15) is 5.75 Å². The highest BCUT2D eigenvalue weighted by atomic mass is 16.5. The van der Waals surface area contributed by atoms with Crippen molar-refractivity contribution in [3.63, 3.8) is 0 Å². The van der Waals surface area contributed by atoms with Crippen molar-refractivity contribution in [2.75, 3.05) is 19.1 Å². The van der Waals surface area contributed by atoms with Gasteiger partial charge in [0, 0.05) is 13.5 Å². The number of nitrogens with zero attached hydrogens (tertiary/aromatic N) is 1. The maximum atomic E-state index is 11.5. The van der Waals surface area contributed by atoms with E-state index in [4.69, 9.17) is 4.74 Å². The molecule has 0 saturated carbocycles. The van der Waals surface area contributed by atoms with E-state index in [9.17, 15) is 4.79 Å². The van der Waals surface area contributed by atoms with E-state index in [0.29, 0.717) is 6.42 Å². The molecule has 0 unspecified atom stereocenters. The normalized spacial score (nSPS) is 15.3. The van der Waals surface area contributed by atoms with Crippen molar-refractivity contribution < 1.29 is 9.53 Å². The number of carbonyl (C=O) groups is 1. The molecule has 0 saturated heterocycles. The van der Waals surface area contributed by atoms with Crippen molar-refractivity contribution in [2.45, 2.75) is 12.8 Å². The number of ether oxygens (including phenoxy) is 1. The minimum atomic E-state index is 0.135. The van der Waals surface area contributed by atoms with Gasteiger partial charge in [-0.2, -0.15) is 0 Å². The number of hydrogen-bond donors (Lipinski definition) is 0. The standard InChI is InChI=1S/C11H12NO2/c1-12-10(13)7-6-8-4-3-5-9(14-2)11(8)12/h3,5H,6-7H2,1-2H3. The summed E-state index contributed by atoms with van der Waals surface area (Å²) >= 11 is 0. The van der Waals surface area contributed by atoms with Gasteiger partial charge in [-0.05, 0) is 24.1 Å². The van der Waals surface area contributed by atoms with Crippen molar-refractivity contribution in [1.82, 2.24) is 0 Å². The lowest BCUT2D eigenvalue weighted by Gasteiger charge is -2.27. The third kappa shape index (κ3) is 1.25. The highest BCUT2D eigenvalue weighted by Gasteiger charge is 2.23. The molecule has 0 atom stereocenters. The van der Waals surface area contributed by atoms with Crippen LogP contribution in [0, 0.1) is 6.07 Å². The molecule has 0 fully saturated rings. The first-order chi connectivity index (χ1) is 6.74. The molecule has 2 rings (SSSR count). The molecule has 1 amide bonds. The molecule has 0 bridgehead atoms. The van der Waals surface area contributed by atoms with Crippen molar-refractivity contribution in [2.24, 2.45) is 0 Å². The Morgan fingerprint density at radius 1 is 1.50 bits per heavy atom. The number of anilines is 1. The Morgan fingerprint density at radius 3 is 3.00 bits per heavy atom. The fourth-order valence-electron chi connectivity index (χ4n) is 1.76. The topological polar surface area (TPSA) is 29.5 Å². The third-order valence-electron chi connectivity index (χ3n) is 2.53. The van der Waals surface area contributed by atoms with Crippen LogP contribution in [0.2, 0.25) is 0 Å². The Hall–Kier alpha value is -1.51. The average molecular weight is 190 g/mol. The van der Waals surface area contributed by atoms with Gasteiger partial charge < -0.3 is 9.64 Å². The molecule has 14 heavy (non-hydrogen) atoms. The third-order valence-corrected chi connectivity index (χ3v) is 2.53. The van der Waals surface area contributed by atoms with Crippen LogP contribution >= 0.6 is 0 Å². The molecule has 3 heteroatoms. The van der Waals surface area contributed by atoms with Gasteiger partial charge in [-0.25, -0.2) is 0 Å². The van der Waals surface area contributed by atoms with Gasteiger partial charge in [0.15, 0.2) is 0 Å². The summed E-state index contributed by atoms with van der Waals surface area (Å²) in [4.78, 5) is 13.1. The van der Waals surface area contributed by atoms with Crippen LogP contribution in [0.15, 0.2) is 12.1 Å². The molecular weight excluding hydrogens is 178 g/mol. The first-order valence-electron chi connectivity index (χ1n) is 4.58. The Labute approximate surface area is 83.3 Å². The van der Waals surface area contributed by atoms with Gasteiger partial charge in [0.05, 0.1) is 12.8 Å². The van der Waals surface area contributed by atoms with Gasteiger partial charge in [0.25, 0.3) is 0 Å². The first-order valence-corrected chi connectivity index (χ1v) is 4.58. The monoisotopic (exact) mass is 190 g/mol. The van der Waals surface area contributed by atoms with E-state index in [0.717, 1.165) is 23.4 Å². The fraction of sp³-hybridized carbons (Fsp3) is 0.364. The summed E-state index contributed by atoms with van der Waals surface area (Å²) in [5.74, 6) is 0.879. The van der Waals surface area contributed by atoms with E-state index in [1.165, 1.54) is 0 Å². The zero-order chi connectivity index (χ0) is 10.1. The van der Waals surface area contributed by atoms with E-state index in [-0.39, 0.29) is 5.91 Å². The van der Waals surface area contributed by atoms with Crippen LogP contribution in [0.4, 0.5) is 5.69 Å². The summed E-state index contributed by atoms with van der Waals surface area (Å²) in [5, 5.41) is 0. The van der Waals surface area contributed by atoms with Gasteiger partial charge >= 0.3 is 0 Å². The lowest BCUT2D eigenvalue weighted by Crippen LogP contribution is -2.31. The second-order valence-corrected chi connectivity index (χ2v) is 3.33. The number of benzene rings is 1. The number of fused-ring (bicyclic) bond motifs is 1. The highest BCUT2D eigenvalue weighted by molar-refractivity contribution is 5.97. The predicted octanol–water partition coefficient (Wildman–Crippen LogP) is 1.40. The zero-order valence-electron chi connectivity index (χ0n) is 8.33. The van der Waals surface area contributed by atoms with E-state index in [1.54, 1.807) is 19.1 Å². The van der Waals surface area contributed by atoms with Crippen molar-refractivity contribution in [3.05, 3.63) is 23.8 Å². The van der Waals surface area contributed by atoms with Gasteiger partial charge in [-0.15, -0.1) is 0 Å². The zero-order valence-corrected chi connectivity index (χ0v) is 8.33. The first kappa shape index (κ1) is 9.06. The Balaban J connectivity index is 2.55. The molecule has 0 aromatic heterocycles. The number of aryl methyl sites for hydroxylation is 1. The van der Waals surface area contributed by atoms with Crippen molar-refractivity contribution in [3.8, 4) is 5.75 Å². The maximum absolute atomic E-state index is 11.5. The number of methoxy groups -OCH3 is 1. The van der Waals surface area contributed by atoms with Crippen LogP contribution in [-0.4, -0.2) is 20.1 Å². The van der Waals surface area contributed by atoms with Crippen LogP contribution in [-0.2, 0) is 11.2 Å². The average Bonchev–Trinajstić information content (AvgIpc) is 2.23. The van der Waals surface area contributed by atoms with Gasteiger partial charge in [-0.3, -0.25) is 4.79 Å². The SMILES string of the molecule is COc1cc[c]c2c1N(C)C(=O)CC2. The number of hydrogen-bond acceptors (Lipinski definition) is 2. The second kappa shape index (κ2) is 3.33. The summed E-state index contributed by atoms with van der Waals surface area (Å²) in [7, 11) is 3.39. The van der Waals surface area contributed by atoms with Crippen LogP contribution in [0.5, 0.6) is 5.75 Å². The minimum absolute atomic E-state index is 0.135. The van der Waals surface area contributed by atoms with E-state index < -0.39 is 0 Å². The predicted molar refractivity (Wildman–Crippen MR) is 53.6 cm³/mol. The summed E-state index contributed by atoms with van der Waals surface area (Å²) in [6, 6.07) is 6.80. The minimum Gasteiger partial charge on any atom is -0.495 e. The molecule has 73 valence electrons. The molecule has 1 aliphatic rings. The molecule has 0 N–H and O–H groups in total. The molecule has 0 aliphatic carbocycles. The van der Waals surface area contributed by atoms with Crippen LogP contribution < -0.4 is 9.64 Å². The van der Waals surface area contributed by atoms with Crippen molar-refractivity contribution >= 4 is 11.6 Å². The number of amides is 1. The molecule has 1 aliphatic heterocycles. The smallest absolute Gasteiger partial charge is 0.227 e. The number of carbonyl (C=O) groups excluding carboxylic acids is 1. The lowest BCUT2D eigenvalue weighted by atomic mass is 10.0. The summed E-state index contributed by atoms with van der Waals surface area (Å²) in [6.07, 6.45) is 1.32. The van der Waals surface area contributed by atoms with Crippen molar-refractivity contribution in [1.29, 1.82) is 0 Å². The fourth-order valence-corrected chi connectivity index (χ4v) is 1.76. The number of rotatable bonds is 1. The summed E-state index contributed by atoms with van der Waals surface area (Å²) in [5.41, 5.74) is 1.93. The Morgan fingerprint density at radius 2 is 2.29 bits per heavy atom. The van der Waals surface area contributed by atoms with Crippen LogP contribution in [0.1, 0.15) is 12.0 Å². The summed E-state index contributed by atoms with van der Waals surface area (Å²) < 4.78 is 5.22. The van der Waals surface area contributed by atoms with Gasteiger partial charge in [-0.1, -0.05) is 6.07 Å². The Kier molecular flexibility index (Phi) is 2.15. The quantitative estimate of drug-likeness (QED) is 0.670. The Bertz CT molecular complexity index is 359. The molecule has 1 aromatic rings. The molecule has 0 spiro atoms. The van der Waals surface area contributed by atoms with E-state index in [2.05, 4.69) is 6.07 Å². The molecule has 1 aromatic carbocycles. The molecule has 1 heterocycles. The highest BCUT2D eigenvalue weighted by Crippen LogP contribution is 2.35. The lowest BCUT2D eigenvalue weighted by molar-refractivity contribution is -0.118. The van der Waals surface area contributed by atoms with E-state index in [1.807, 2.05) is 12.1 Å².